The van der Waals surface area contributed by atoms with Crippen molar-refractivity contribution in [2.24, 2.45) is 0 Å². The fraction of sp³-hybridized carbons (Fsp3) is 0.429. The van der Waals surface area contributed by atoms with Gasteiger partial charge in [0.15, 0.2) is 11.5 Å². The molecule has 0 N–H and O–H groups in total. The molecule has 2 heterocycles. The number of nitrogens with zero attached hydrogens (tertiary/aromatic N) is 3. The van der Waals surface area contributed by atoms with Gasteiger partial charge in [-0.25, -0.2) is 9.97 Å². The molecule has 0 radical (unpaired) electrons. The highest BCUT2D eigenvalue weighted by Crippen LogP contribution is 2.35. The molecule has 0 unspecified atom stereocenters. The lowest BCUT2D eigenvalue weighted by Gasteiger charge is -2.18. The predicted molar refractivity (Wildman–Crippen MR) is 74.1 cm³/mol. The first-order valence-electron chi connectivity index (χ1n) is 6.45. The summed E-state index contributed by atoms with van der Waals surface area (Å²) in [5.74, 6) is 2.40. The average Bonchev–Trinajstić information content (AvgIpc) is 2.99. The summed E-state index contributed by atoms with van der Waals surface area (Å²) in [7, 11) is 3.27. The van der Waals surface area contributed by atoms with Gasteiger partial charge in [0.05, 0.1) is 19.7 Å². The van der Waals surface area contributed by atoms with E-state index in [1.807, 2.05) is 12.1 Å². The number of anilines is 1. The smallest absolute Gasteiger partial charge is 0.162 e. The third-order valence-electron chi connectivity index (χ3n) is 3.53. The van der Waals surface area contributed by atoms with Crippen LogP contribution in [0.2, 0.25) is 0 Å². The van der Waals surface area contributed by atoms with E-state index in [4.69, 9.17) is 9.47 Å². The maximum Gasteiger partial charge on any atom is 0.162 e. The van der Waals surface area contributed by atoms with Crippen molar-refractivity contribution in [3.05, 3.63) is 18.5 Å². The molecule has 19 heavy (non-hydrogen) atoms. The van der Waals surface area contributed by atoms with Gasteiger partial charge in [0.1, 0.15) is 12.1 Å². The summed E-state index contributed by atoms with van der Waals surface area (Å²) in [6.45, 7) is 2.11. The quantitative estimate of drug-likeness (QED) is 0.846. The summed E-state index contributed by atoms with van der Waals surface area (Å²) in [6, 6.07) is 3.86. The van der Waals surface area contributed by atoms with Crippen LogP contribution < -0.4 is 14.4 Å². The number of ether oxygens (including phenoxy) is 2. The van der Waals surface area contributed by atoms with Gasteiger partial charge in [0, 0.05) is 24.5 Å². The average molecular weight is 259 g/mol. The lowest BCUT2D eigenvalue weighted by molar-refractivity contribution is 0.356. The number of hydrogen-bond acceptors (Lipinski definition) is 5. The number of fused-ring (bicyclic) bond motifs is 1. The molecule has 0 amide bonds. The van der Waals surface area contributed by atoms with Crippen LogP contribution in [-0.4, -0.2) is 37.3 Å². The highest BCUT2D eigenvalue weighted by molar-refractivity contribution is 5.92. The Balaban J connectivity index is 2.17. The van der Waals surface area contributed by atoms with Crippen LogP contribution in [0.1, 0.15) is 12.8 Å². The second-order valence-corrected chi connectivity index (χ2v) is 4.62. The number of aromatic nitrogens is 2. The Kier molecular flexibility index (Phi) is 3.11. The van der Waals surface area contributed by atoms with E-state index < -0.39 is 0 Å². The molecule has 100 valence electrons. The summed E-state index contributed by atoms with van der Waals surface area (Å²) < 4.78 is 10.7. The second kappa shape index (κ2) is 4.91. The first-order chi connectivity index (χ1) is 9.33. The van der Waals surface area contributed by atoms with Crippen LogP contribution in [0, 0.1) is 0 Å². The maximum atomic E-state index is 5.36. The van der Waals surface area contributed by atoms with E-state index in [0.29, 0.717) is 11.5 Å². The molecule has 1 aromatic heterocycles. The SMILES string of the molecule is COc1cc2ncnc(N3CCCC3)c2cc1OC. The molecule has 3 rings (SSSR count). The summed E-state index contributed by atoms with van der Waals surface area (Å²) in [4.78, 5) is 11.1. The van der Waals surface area contributed by atoms with Crippen molar-refractivity contribution < 1.29 is 9.47 Å². The van der Waals surface area contributed by atoms with E-state index in [2.05, 4.69) is 14.9 Å². The second-order valence-electron chi connectivity index (χ2n) is 4.62. The van der Waals surface area contributed by atoms with Crippen LogP contribution in [0.15, 0.2) is 18.5 Å². The van der Waals surface area contributed by atoms with E-state index >= 15 is 0 Å². The van der Waals surface area contributed by atoms with E-state index in [1.165, 1.54) is 12.8 Å². The van der Waals surface area contributed by atoms with Crippen molar-refractivity contribution in [1.82, 2.24) is 9.97 Å². The first-order valence-corrected chi connectivity index (χ1v) is 6.45. The van der Waals surface area contributed by atoms with Crippen molar-refractivity contribution in [2.45, 2.75) is 12.8 Å². The van der Waals surface area contributed by atoms with Crippen LogP contribution in [0.3, 0.4) is 0 Å². The zero-order chi connectivity index (χ0) is 13.2. The summed E-state index contributed by atoms with van der Waals surface area (Å²) in [6.07, 6.45) is 4.06. The number of hydrogen-bond donors (Lipinski definition) is 0. The van der Waals surface area contributed by atoms with Crippen LogP contribution in [-0.2, 0) is 0 Å². The normalized spacial score (nSPS) is 14.9. The molecule has 0 bridgehead atoms. The molecule has 0 aliphatic carbocycles. The number of benzene rings is 1. The Hall–Kier alpha value is -2.04. The zero-order valence-electron chi connectivity index (χ0n) is 11.2. The first kappa shape index (κ1) is 12.0. The Morgan fingerprint density at radius 3 is 2.37 bits per heavy atom. The van der Waals surface area contributed by atoms with Crippen molar-refractivity contribution in [2.75, 3.05) is 32.2 Å². The molecule has 2 aromatic rings. The van der Waals surface area contributed by atoms with Gasteiger partial charge in [-0.3, -0.25) is 0 Å². The monoisotopic (exact) mass is 259 g/mol. The molecule has 1 aliphatic rings. The summed E-state index contributed by atoms with van der Waals surface area (Å²) in [5, 5.41) is 1.02. The van der Waals surface area contributed by atoms with Gasteiger partial charge in [0.2, 0.25) is 0 Å². The third-order valence-corrected chi connectivity index (χ3v) is 3.53. The fourth-order valence-corrected chi connectivity index (χ4v) is 2.55. The van der Waals surface area contributed by atoms with Crippen LogP contribution >= 0.6 is 0 Å². The van der Waals surface area contributed by atoms with Gasteiger partial charge in [-0.05, 0) is 18.9 Å². The minimum absolute atomic E-state index is 0.695. The molecule has 5 heteroatoms. The highest BCUT2D eigenvalue weighted by Gasteiger charge is 2.18. The fourth-order valence-electron chi connectivity index (χ4n) is 2.55. The molecule has 1 aromatic carbocycles. The zero-order valence-corrected chi connectivity index (χ0v) is 11.2. The topological polar surface area (TPSA) is 47.5 Å². The van der Waals surface area contributed by atoms with Gasteiger partial charge in [0.25, 0.3) is 0 Å². The number of methoxy groups -OCH3 is 2. The lowest BCUT2D eigenvalue weighted by Crippen LogP contribution is -2.19. The molecule has 1 saturated heterocycles. The van der Waals surface area contributed by atoms with Gasteiger partial charge in [-0.2, -0.15) is 0 Å². The summed E-state index contributed by atoms with van der Waals surface area (Å²) >= 11 is 0. The summed E-state index contributed by atoms with van der Waals surface area (Å²) in [5.41, 5.74) is 0.884. The van der Waals surface area contributed by atoms with Crippen molar-refractivity contribution in [1.29, 1.82) is 0 Å². The van der Waals surface area contributed by atoms with E-state index in [1.54, 1.807) is 20.5 Å². The van der Waals surface area contributed by atoms with E-state index in [9.17, 15) is 0 Å². The van der Waals surface area contributed by atoms with Gasteiger partial charge >= 0.3 is 0 Å². The van der Waals surface area contributed by atoms with Crippen molar-refractivity contribution >= 4 is 16.7 Å². The molecule has 0 saturated carbocycles. The Labute approximate surface area is 112 Å². The van der Waals surface area contributed by atoms with Crippen LogP contribution in [0.25, 0.3) is 10.9 Å². The predicted octanol–water partition coefficient (Wildman–Crippen LogP) is 2.25. The van der Waals surface area contributed by atoms with E-state index in [-0.39, 0.29) is 0 Å². The number of rotatable bonds is 3. The van der Waals surface area contributed by atoms with Crippen LogP contribution in [0.4, 0.5) is 5.82 Å². The largest absolute Gasteiger partial charge is 0.493 e. The molecular formula is C14H17N3O2. The standard InChI is InChI=1S/C14H17N3O2/c1-18-12-7-10-11(8-13(12)19-2)15-9-16-14(10)17-5-3-4-6-17/h7-9H,3-6H2,1-2H3. The van der Waals surface area contributed by atoms with Crippen molar-refractivity contribution in [3.63, 3.8) is 0 Å². The van der Waals surface area contributed by atoms with Crippen LogP contribution in [0.5, 0.6) is 11.5 Å². The van der Waals surface area contributed by atoms with Crippen molar-refractivity contribution in [3.8, 4) is 11.5 Å². The lowest BCUT2D eigenvalue weighted by atomic mass is 10.2. The van der Waals surface area contributed by atoms with Gasteiger partial charge < -0.3 is 14.4 Å². The maximum absolute atomic E-state index is 5.36. The Bertz CT molecular complexity index is 595. The molecule has 0 atom stereocenters. The third kappa shape index (κ3) is 2.05. The van der Waals surface area contributed by atoms with Gasteiger partial charge in [-0.1, -0.05) is 0 Å². The Morgan fingerprint density at radius 1 is 1.00 bits per heavy atom. The molecular weight excluding hydrogens is 242 g/mol. The molecule has 0 spiro atoms. The van der Waals surface area contributed by atoms with E-state index in [0.717, 1.165) is 29.8 Å². The molecule has 1 fully saturated rings. The minimum Gasteiger partial charge on any atom is -0.493 e. The minimum atomic E-state index is 0.695. The molecule has 1 aliphatic heterocycles. The Morgan fingerprint density at radius 2 is 1.68 bits per heavy atom. The molecule has 5 nitrogen and oxygen atoms in total. The van der Waals surface area contributed by atoms with Gasteiger partial charge in [-0.15, -0.1) is 0 Å². The highest BCUT2D eigenvalue weighted by atomic mass is 16.5.